The van der Waals surface area contributed by atoms with E-state index >= 15 is 0 Å². The molecule has 7 nitrogen and oxygen atoms in total. The van der Waals surface area contributed by atoms with Crippen LogP contribution in [0.15, 0.2) is 48.8 Å². The molecule has 1 atom stereocenters. The van der Waals surface area contributed by atoms with Gasteiger partial charge in [-0.3, -0.25) is 19.1 Å². The fourth-order valence-electron chi connectivity index (χ4n) is 4.67. The third kappa shape index (κ3) is 4.24. The summed E-state index contributed by atoms with van der Waals surface area (Å²) in [6, 6.07) is 12.0. The first-order chi connectivity index (χ1) is 16.4. The van der Waals surface area contributed by atoms with Crippen molar-refractivity contribution in [1.29, 1.82) is 0 Å². The minimum Gasteiger partial charge on any atom is -0.371 e. The summed E-state index contributed by atoms with van der Waals surface area (Å²) >= 11 is 1.42. The van der Waals surface area contributed by atoms with Gasteiger partial charge in [0, 0.05) is 61.3 Å². The zero-order valence-corrected chi connectivity index (χ0v) is 20.4. The fourth-order valence-corrected chi connectivity index (χ4v) is 5.76. The van der Waals surface area contributed by atoms with Crippen molar-refractivity contribution in [1.82, 2.24) is 19.8 Å². The van der Waals surface area contributed by atoms with Crippen LogP contribution in [0, 0.1) is 0 Å². The number of nitrogens with zero attached hydrogens (tertiary/aromatic N) is 3. The number of ether oxygens (including phenoxy) is 1. The van der Waals surface area contributed by atoms with E-state index in [1.54, 1.807) is 17.7 Å². The SMILES string of the molecule is CC(=O)n1cc(CN2CCO[C@@H](c3c(C(=O)NC(C)C)sc4ncccc34)C2)c2ccccc21. The number of hydrogen-bond donors (Lipinski definition) is 1. The number of para-hydroxylation sites is 1. The van der Waals surface area contributed by atoms with Gasteiger partial charge >= 0.3 is 0 Å². The third-order valence-corrected chi connectivity index (χ3v) is 7.26. The molecule has 5 rings (SSSR count). The summed E-state index contributed by atoms with van der Waals surface area (Å²) in [7, 11) is 0. The molecule has 34 heavy (non-hydrogen) atoms. The van der Waals surface area contributed by atoms with Crippen LogP contribution in [0.3, 0.4) is 0 Å². The average molecular weight is 477 g/mol. The molecule has 0 aliphatic carbocycles. The average Bonchev–Trinajstić information content (AvgIpc) is 3.38. The monoisotopic (exact) mass is 476 g/mol. The first kappa shape index (κ1) is 22.7. The number of carbonyl (C=O) groups excluding carboxylic acids is 2. The number of fused-ring (bicyclic) bond motifs is 2. The van der Waals surface area contributed by atoms with Gasteiger partial charge in [-0.1, -0.05) is 24.3 Å². The summed E-state index contributed by atoms with van der Waals surface area (Å²) in [6.45, 7) is 8.21. The smallest absolute Gasteiger partial charge is 0.262 e. The second kappa shape index (κ2) is 9.29. The van der Waals surface area contributed by atoms with Crippen LogP contribution in [0.4, 0.5) is 0 Å². The number of thiophene rings is 1. The Morgan fingerprint density at radius 1 is 1.21 bits per heavy atom. The van der Waals surface area contributed by atoms with Gasteiger partial charge < -0.3 is 10.1 Å². The summed E-state index contributed by atoms with van der Waals surface area (Å²) in [6.07, 6.45) is 3.47. The summed E-state index contributed by atoms with van der Waals surface area (Å²) in [5.41, 5.74) is 2.96. The Hall–Kier alpha value is -3.07. The zero-order valence-electron chi connectivity index (χ0n) is 19.6. The molecule has 0 radical (unpaired) electrons. The maximum atomic E-state index is 13.0. The van der Waals surface area contributed by atoms with E-state index in [1.807, 2.05) is 50.4 Å². The van der Waals surface area contributed by atoms with Gasteiger partial charge in [0.25, 0.3) is 5.91 Å². The van der Waals surface area contributed by atoms with Crippen LogP contribution in [-0.4, -0.2) is 52.0 Å². The number of nitrogens with one attached hydrogen (secondary N) is 1. The Balaban J connectivity index is 1.46. The summed E-state index contributed by atoms with van der Waals surface area (Å²) in [5.74, 6) is -0.0846. The van der Waals surface area contributed by atoms with E-state index in [0.717, 1.165) is 38.8 Å². The van der Waals surface area contributed by atoms with Crippen molar-refractivity contribution >= 4 is 44.3 Å². The number of pyridine rings is 1. The number of hydrogen-bond acceptors (Lipinski definition) is 6. The van der Waals surface area contributed by atoms with Crippen LogP contribution < -0.4 is 5.32 Å². The predicted molar refractivity (Wildman–Crippen MR) is 134 cm³/mol. The van der Waals surface area contributed by atoms with Crippen LogP contribution in [-0.2, 0) is 11.3 Å². The first-order valence-electron chi connectivity index (χ1n) is 11.5. The highest BCUT2D eigenvalue weighted by Gasteiger charge is 2.30. The van der Waals surface area contributed by atoms with E-state index in [1.165, 1.54) is 11.3 Å². The molecule has 1 aromatic carbocycles. The van der Waals surface area contributed by atoms with Crippen molar-refractivity contribution in [3.8, 4) is 0 Å². The number of aromatic nitrogens is 2. The van der Waals surface area contributed by atoms with Gasteiger partial charge in [-0.25, -0.2) is 4.98 Å². The van der Waals surface area contributed by atoms with E-state index in [4.69, 9.17) is 4.74 Å². The van der Waals surface area contributed by atoms with Crippen molar-refractivity contribution < 1.29 is 14.3 Å². The lowest BCUT2D eigenvalue weighted by Gasteiger charge is -2.33. The molecule has 1 N–H and O–H groups in total. The zero-order chi connectivity index (χ0) is 23.8. The minimum atomic E-state index is -0.235. The quantitative estimate of drug-likeness (QED) is 0.455. The van der Waals surface area contributed by atoms with Crippen LogP contribution in [0.2, 0.25) is 0 Å². The Morgan fingerprint density at radius 2 is 2.00 bits per heavy atom. The van der Waals surface area contributed by atoms with E-state index in [-0.39, 0.29) is 24.0 Å². The molecule has 176 valence electrons. The minimum absolute atomic E-state index is 0.000328. The van der Waals surface area contributed by atoms with E-state index in [2.05, 4.69) is 21.3 Å². The van der Waals surface area contributed by atoms with E-state index in [0.29, 0.717) is 24.6 Å². The molecule has 1 aliphatic rings. The number of amides is 1. The molecule has 3 aromatic heterocycles. The number of carbonyl (C=O) groups is 2. The van der Waals surface area contributed by atoms with Gasteiger partial charge in [-0.2, -0.15) is 0 Å². The molecule has 1 saturated heterocycles. The molecule has 1 fully saturated rings. The summed E-state index contributed by atoms with van der Waals surface area (Å²) < 4.78 is 7.94. The number of rotatable bonds is 5. The van der Waals surface area contributed by atoms with Gasteiger partial charge in [0.15, 0.2) is 0 Å². The highest BCUT2D eigenvalue weighted by molar-refractivity contribution is 7.20. The molecule has 0 unspecified atom stereocenters. The van der Waals surface area contributed by atoms with Crippen molar-refractivity contribution in [2.45, 2.75) is 39.5 Å². The Labute approximate surface area is 202 Å². The Kier molecular flexibility index (Phi) is 6.20. The second-order valence-electron chi connectivity index (χ2n) is 8.98. The largest absolute Gasteiger partial charge is 0.371 e. The van der Waals surface area contributed by atoms with E-state index < -0.39 is 0 Å². The third-order valence-electron chi connectivity index (χ3n) is 6.13. The van der Waals surface area contributed by atoms with Crippen LogP contribution >= 0.6 is 11.3 Å². The molecule has 4 aromatic rings. The topological polar surface area (TPSA) is 76.5 Å². The summed E-state index contributed by atoms with van der Waals surface area (Å²) in [4.78, 5) is 33.5. The number of morpholine rings is 1. The van der Waals surface area contributed by atoms with Gasteiger partial charge in [0.05, 0.1) is 18.2 Å². The van der Waals surface area contributed by atoms with Crippen molar-refractivity contribution in [2.24, 2.45) is 0 Å². The predicted octanol–water partition coefficient (Wildman–Crippen LogP) is 4.62. The maximum absolute atomic E-state index is 13.0. The van der Waals surface area contributed by atoms with Crippen molar-refractivity contribution in [2.75, 3.05) is 19.7 Å². The van der Waals surface area contributed by atoms with Crippen molar-refractivity contribution in [3.05, 3.63) is 64.8 Å². The summed E-state index contributed by atoms with van der Waals surface area (Å²) in [5, 5.41) is 5.08. The molecular weight excluding hydrogens is 448 g/mol. The van der Waals surface area contributed by atoms with Gasteiger partial charge in [0.2, 0.25) is 5.91 Å². The van der Waals surface area contributed by atoms with Crippen molar-refractivity contribution in [3.63, 3.8) is 0 Å². The van der Waals surface area contributed by atoms with Gasteiger partial charge in [-0.05, 0) is 31.5 Å². The fraction of sp³-hybridized carbons (Fsp3) is 0.346. The van der Waals surface area contributed by atoms with Crippen LogP contribution in [0.1, 0.15) is 52.5 Å². The number of benzene rings is 1. The Bertz CT molecular complexity index is 1370. The van der Waals surface area contributed by atoms with Crippen LogP contribution in [0.5, 0.6) is 0 Å². The normalized spacial score (nSPS) is 17.0. The maximum Gasteiger partial charge on any atom is 0.262 e. The lowest BCUT2D eigenvalue weighted by molar-refractivity contribution is -0.0322. The molecule has 1 aliphatic heterocycles. The standard InChI is InChI=1S/C26H28N4O3S/c1-16(2)28-25(32)24-23(20-8-6-10-27-26(20)34-24)22-15-29(11-12-33-22)13-18-14-30(17(3)31)21-9-5-4-7-19(18)21/h4-10,14,16,22H,11-13,15H2,1-3H3,(H,28,32)/t22-/m1/s1. The Morgan fingerprint density at radius 3 is 2.79 bits per heavy atom. The lowest BCUT2D eigenvalue weighted by Crippen LogP contribution is -2.38. The first-order valence-corrected chi connectivity index (χ1v) is 12.4. The van der Waals surface area contributed by atoms with Gasteiger partial charge in [-0.15, -0.1) is 11.3 Å². The molecule has 0 bridgehead atoms. The molecule has 8 heteroatoms. The second-order valence-corrected chi connectivity index (χ2v) is 9.98. The molecule has 0 saturated carbocycles. The van der Waals surface area contributed by atoms with Gasteiger partial charge in [0.1, 0.15) is 9.71 Å². The lowest BCUT2D eigenvalue weighted by atomic mass is 10.0. The van der Waals surface area contributed by atoms with Crippen LogP contribution in [0.25, 0.3) is 21.1 Å². The molecule has 4 heterocycles. The molecule has 0 spiro atoms. The van der Waals surface area contributed by atoms with E-state index in [9.17, 15) is 9.59 Å². The highest BCUT2D eigenvalue weighted by Crippen LogP contribution is 2.37. The molecular formula is C26H28N4O3S. The highest BCUT2D eigenvalue weighted by atomic mass is 32.1. The molecule has 1 amide bonds.